The fourth-order valence-electron chi connectivity index (χ4n) is 4.69. The van der Waals surface area contributed by atoms with Crippen molar-refractivity contribution in [3.05, 3.63) is 58.6 Å². The SMILES string of the molecule is CC(C)N1CCOc2c(F)cc(-c3nc(Nc4ccn(C5CCNCC5)c(=O)c4)ncc3F)cc21. The van der Waals surface area contributed by atoms with Gasteiger partial charge in [0.25, 0.3) is 5.56 Å². The fourth-order valence-corrected chi connectivity index (χ4v) is 4.69. The summed E-state index contributed by atoms with van der Waals surface area (Å²) < 4.78 is 36.9. The first-order valence-electron chi connectivity index (χ1n) is 11.9. The van der Waals surface area contributed by atoms with Gasteiger partial charge in [0.15, 0.2) is 17.4 Å². The number of aromatic nitrogens is 3. The lowest BCUT2D eigenvalue weighted by Crippen LogP contribution is -2.38. The van der Waals surface area contributed by atoms with Crippen LogP contribution < -0.4 is 25.8 Å². The molecular weight excluding hydrogens is 454 g/mol. The molecule has 0 atom stereocenters. The van der Waals surface area contributed by atoms with E-state index in [2.05, 4.69) is 20.6 Å². The average molecular weight is 483 g/mol. The molecule has 8 nitrogen and oxygen atoms in total. The van der Waals surface area contributed by atoms with Gasteiger partial charge in [-0.25, -0.2) is 18.7 Å². The highest BCUT2D eigenvalue weighted by Crippen LogP contribution is 2.39. The van der Waals surface area contributed by atoms with Crippen LogP contribution in [-0.4, -0.2) is 46.8 Å². The minimum Gasteiger partial charge on any atom is -0.486 e. The molecule has 2 aromatic heterocycles. The number of fused-ring (bicyclic) bond motifs is 1. The molecule has 1 saturated heterocycles. The Morgan fingerprint density at radius 1 is 1.17 bits per heavy atom. The maximum Gasteiger partial charge on any atom is 0.252 e. The molecule has 3 aromatic rings. The summed E-state index contributed by atoms with van der Waals surface area (Å²) in [6.07, 6.45) is 4.58. The zero-order chi connectivity index (χ0) is 24.5. The third-order valence-corrected chi connectivity index (χ3v) is 6.46. The molecular formula is C25H28F2N6O2. The average Bonchev–Trinajstić information content (AvgIpc) is 2.85. The van der Waals surface area contributed by atoms with E-state index in [1.165, 1.54) is 12.1 Å². The predicted octanol–water partition coefficient (Wildman–Crippen LogP) is 3.86. The van der Waals surface area contributed by atoms with E-state index in [1.54, 1.807) is 22.9 Å². The normalized spacial score (nSPS) is 16.2. The molecule has 0 aliphatic carbocycles. The number of halogens is 2. The Bertz CT molecular complexity index is 1290. The lowest BCUT2D eigenvalue weighted by Gasteiger charge is -2.34. The quantitative estimate of drug-likeness (QED) is 0.571. The van der Waals surface area contributed by atoms with Gasteiger partial charge < -0.3 is 24.8 Å². The van der Waals surface area contributed by atoms with Gasteiger partial charge in [-0.3, -0.25) is 4.79 Å². The maximum absolute atomic E-state index is 14.9. The maximum atomic E-state index is 14.9. The molecule has 0 amide bonds. The summed E-state index contributed by atoms with van der Waals surface area (Å²) in [6, 6.07) is 6.44. The van der Waals surface area contributed by atoms with Gasteiger partial charge in [-0.15, -0.1) is 0 Å². The first-order valence-corrected chi connectivity index (χ1v) is 11.9. The van der Waals surface area contributed by atoms with E-state index in [0.29, 0.717) is 24.5 Å². The van der Waals surface area contributed by atoms with E-state index >= 15 is 0 Å². The Morgan fingerprint density at radius 2 is 1.97 bits per heavy atom. The monoisotopic (exact) mass is 482 g/mol. The second kappa shape index (κ2) is 9.61. The summed E-state index contributed by atoms with van der Waals surface area (Å²) in [7, 11) is 0. The molecule has 1 aromatic carbocycles. The number of hydrogen-bond acceptors (Lipinski definition) is 7. The number of piperidine rings is 1. The van der Waals surface area contributed by atoms with E-state index in [0.717, 1.165) is 32.1 Å². The molecule has 4 heterocycles. The molecule has 1 fully saturated rings. The zero-order valence-electron chi connectivity index (χ0n) is 19.7. The Hall–Kier alpha value is -3.53. The van der Waals surface area contributed by atoms with Crippen LogP contribution in [0.4, 0.5) is 26.1 Å². The standard InChI is InChI=1S/C25H28F2N6O2/c1-15(2)32-9-10-35-24-19(26)11-16(12-21(24)32)23-20(27)14-29-25(31-23)30-17-5-8-33(22(34)13-17)18-3-6-28-7-4-18/h5,8,11-15,18,28H,3-4,6-7,9-10H2,1-2H3,(H,29,30,31). The molecule has 2 aliphatic heterocycles. The van der Waals surface area contributed by atoms with Gasteiger partial charge in [-0.2, -0.15) is 0 Å². The number of ether oxygens (including phenoxy) is 1. The molecule has 2 N–H and O–H groups in total. The first-order chi connectivity index (χ1) is 16.9. The molecule has 10 heteroatoms. The van der Waals surface area contributed by atoms with Crippen molar-refractivity contribution in [2.24, 2.45) is 0 Å². The molecule has 35 heavy (non-hydrogen) atoms. The minimum absolute atomic E-state index is 0.0403. The second-order valence-corrected chi connectivity index (χ2v) is 9.10. The predicted molar refractivity (Wildman–Crippen MR) is 130 cm³/mol. The largest absolute Gasteiger partial charge is 0.486 e. The molecule has 0 unspecified atom stereocenters. The van der Waals surface area contributed by atoms with Gasteiger partial charge in [0.05, 0.1) is 18.4 Å². The summed E-state index contributed by atoms with van der Waals surface area (Å²) in [4.78, 5) is 23.0. The lowest BCUT2D eigenvalue weighted by molar-refractivity contribution is 0.287. The molecule has 5 rings (SSSR count). The van der Waals surface area contributed by atoms with Crippen LogP contribution in [0.1, 0.15) is 32.7 Å². The Balaban J connectivity index is 1.44. The molecule has 0 saturated carbocycles. The molecule has 184 valence electrons. The number of pyridine rings is 1. The number of benzene rings is 1. The van der Waals surface area contributed by atoms with Crippen LogP contribution in [0.15, 0.2) is 41.5 Å². The van der Waals surface area contributed by atoms with Crippen LogP contribution in [0.3, 0.4) is 0 Å². The van der Waals surface area contributed by atoms with Crippen LogP contribution in [-0.2, 0) is 0 Å². The van der Waals surface area contributed by atoms with Crippen molar-refractivity contribution in [1.82, 2.24) is 19.9 Å². The van der Waals surface area contributed by atoms with Crippen LogP contribution in [0, 0.1) is 11.6 Å². The van der Waals surface area contributed by atoms with Gasteiger partial charge in [0, 0.05) is 35.6 Å². The van der Waals surface area contributed by atoms with Crippen LogP contribution >= 0.6 is 0 Å². The van der Waals surface area contributed by atoms with E-state index in [1.807, 2.05) is 18.7 Å². The van der Waals surface area contributed by atoms with E-state index in [-0.39, 0.29) is 40.6 Å². The van der Waals surface area contributed by atoms with Crippen molar-refractivity contribution in [3.8, 4) is 17.0 Å². The van der Waals surface area contributed by atoms with E-state index < -0.39 is 11.6 Å². The smallest absolute Gasteiger partial charge is 0.252 e. The minimum atomic E-state index is -0.677. The lowest BCUT2D eigenvalue weighted by atomic mass is 10.1. The van der Waals surface area contributed by atoms with Gasteiger partial charge in [0.2, 0.25) is 5.95 Å². The van der Waals surface area contributed by atoms with Crippen molar-refractivity contribution in [2.45, 2.75) is 38.8 Å². The van der Waals surface area contributed by atoms with Crippen LogP contribution in [0.2, 0.25) is 0 Å². The van der Waals surface area contributed by atoms with Gasteiger partial charge in [0.1, 0.15) is 12.3 Å². The Morgan fingerprint density at radius 3 is 2.71 bits per heavy atom. The summed E-state index contributed by atoms with van der Waals surface area (Å²) in [5.74, 6) is -0.979. The number of rotatable bonds is 5. The number of hydrogen-bond donors (Lipinski definition) is 2. The first kappa shape index (κ1) is 23.2. The molecule has 0 radical (unpaired) electrons. The third-order valence-electron chi connectivity index (χ3n) is 6.46. The second-order valence-electron chi connectivity index (χ2n) is 9.10. The van der Waals surface area contributed by atoms with E-state index in [9.17, 15) is 13.6 Å². The highest BCUT2D eigenvalue weighted by Gasteiger charge is 2.26. The highest BCUT2D eigenvalue weighted by atomic mass is 19.1. The number of nitrogens with one attached hydrogen (secondary N) is 2. The molecule has 0 bridgehead atoms. The summed E-state index contributed by atoms with van der Waals surface area (Å²) >= 11 is 0. The van der Waals surface area contributed by atoms with E-state index in [4.69, 9.17) is 4.74 Å². The Kier molecular flexibility index (Phi) is 6.38. The van der Waals surface area contributed by atoms with Crippen molar-refractivity contribution < 1.29 is 13.5 Å². The third kappa shape index (κ3) is 4.70. The fraction of sp³-hybridized carbons (Fsp3) is 0.400. The van der Waals surface area contributed by atoms with Gasteiger partial charge >= 0.3 is 0 Å². The number of nitrogens with zero attached hydrogens (tertiary/aromatic N) is 4. The Labute approximate surface area is 202 Å². The highest BCUT2D eigenvalue weighted by molar-refractivity contribution is 5.73. The summed E-state index contributed by atoms with van der Waals surface area (Å²) in [5.41, 5.74) is 1.17. The summed E-state index contributed by atoms with van der Waals surface area (Å²) in [5, 5.41) is 6.26. The van der Waals surface area contributed by atoms with Gasteiger partial charge in [-0.1, -0.05) is 0 Å². The topological polar surface area (TPSA) is 84.3 Å². The van der Waals surface area contributed by atoms with Crippen molar-refractivity contribution >= 4 is 17.3 Å². The van der Waals surface area contributed by atoms with Crippen LogP contribution in [0.5, 0.6) is 5.75 Å². The molecule has 2 aliphatic rings. The van der Waals surface area contributed by atoms with Crippen LogP contribution in [0.25, 0.3) is 11.3 Å². The summed E-state index contributed by atoms with van der Waals surface area (Å²) in [6.45, 7) is 6.77. The van der Waals surface area contributed by atoms with Crippen molar-refractivity contribution in [2.75, 3.05) is 36.5 Å². The number of anilines is 3. The molecule has 0 spiro atoms. The van der Waals surface area contributed by atoms with Crippen molar-refractivity contribution in [3.63, 3.8) is 0 Å². The van der Waals surface area contributed by atoms with Crippen molar-refractivity contribution in [1.29, 1.82) is 0 Å². The zero-order valence-corrected chi connectivity index (χ0v) is 19.7. The van der Waals surface area contributed by atoms with Gasteiger partial charge in [-0.05, 0) is 58.0 Å².